The molecule has 3 aliphatic heterocycles. The molecule has 4 heterocycles. The quantitative estimate of drug-likeness (QED) is 0.855. The Balaban J connectivity index is 1.54. The largest absolute Gasteiger partial charge is 0.331 e. The Bertz CT molecular complexity index is 423. The monoisotopic (exact) mass is 246 g/mol. The fourth-order valence-electron chi connectivity index (χ4n) is 3.89. The number of fused-ring (bicyclic) bond motifs is 1. The van der Waals surface area contributed by atoms with E-state index in [1.807, 2.05) is 0 Å². The van der Waals surface area contributed by atoms with Crippen molar-refractivity contribution < 1.29 is 0 Å². The lowest BCUT2D eigenvalue weighted by Crippen LogP contribution is -2.42. The van der Waals surface area contributed by atoms with E-state index in [1.165, 1.54) is 44.5 Å². The van der Waals surface area contributed by atoms with Gasteiger partial charge in [-0.2, -0.15) is 0 Å². The van der Waals surface area contributed by atoms with E-state index in [-0.39, 0.29) is 0 Å². The molecule has 0 aliphatic carbocycles. The maximum atomic E-state index is 4.41. The molecule has 0 bridgehead atoms. The predicted molar refractivity (Wildman–Crippen MR) is 70.7 cm³/mol. The van der Waals surface area contributed by atoms with Gasteiger partial charge in [-0.05, 0) is 32.2 Å². The number of nitrogens with one attached hydrogen (secondary N) is 1. The molecular formula is C14H22N4. The van der Waals surface area contributed by atoms with Gasteiger partial charge in [0.05, 0.1) is 6.33 Å². The maximum absolute atomic E-state index is 4.41. The minimum absolute atomic E-state index is 0.697. The van der Waals surface area contributed by atoms with Crippen molar-refractivity contribution in [3.05, 3.63) is 18.2 Å². The molecule has 1 N–H and O–H groups in total. The third-order valence-corrected chi connectivity index (χ3v) is 5.08. The first kappa shape index (κ1) is 11.0. The molecule has 0 spiro atoms. The number of hydrogen-bond acceptors (Lipinski definition) is 3. The lowest BCUT2D eigenvalue weighted by atomic mass is 9.95. The van der Waals surface area contributed by atoms with Gasteiger partial charge in [0.25, 0.3) is 0 Å². The standard InChI is InChI=1S/C14H22N4/c1-2-12-6-13(3-5-17(12)4-1)18-10-16-9-14(18)11-7-15-8-11/h9-13,15H,1-8H2. The fraction of sp³-hybridized carbons (Fsp3) is 0.786. The highest BCUT2D eigenvalue weighted by Gasteiger charge is 2.34. The summed E-state index contributed by atoms with van der Waals surface area (Å²) >= 11 is 0. The topological polar surface area (TPSA) is 33.1 Å². The molecule has 0 amide bonds. The van der Waals surface area contributed by atoms with E-state index >= 15 is 0 Å². The zero-order valence-electron chi connectivity index (χ0n) is 10.9. The van der Waals surface area contributed by atoms with E-state index in [0.29, 0.717) is 12.0 Å². The predicted octanol–water partition coefficient (Wildman–Crippen LogP) is 1.37. The van der Waals surface area contributed by atoms with Crippen LogP contribution in [0.5, 0.6) is 0 Å². The Hall–Kier alpha value is -0.870. The molecular weight excluding hydrogens is 224 g/mol. The van der Waals surface area contributed by atoms with Gasteiger partial charge < -0.3 is 14.8 Å². The molecule has 98 valence electrons. The number of aromatic nitrogens is 2. The first-order chi connectivity index (χ1) is 8.92. The second-order valence-electron chi connectivity index (χ2n) is 6.09. The third-order valence-electron chi connectivity index (χ3n) is 5.08. The van der Waals surface area contributed by atoms with Gasteiger partial charge in [-0.15, -0.1) is 0 Å². The number of nitrogens with zero attached hydrogens (tertiary/aromatic N) is 3. The van der Waals surface area contributed by atoms with E-state index in [4.69, 9.17) is 0 Å². The highest BCUT2D eigenvalue weighted by atomic mass is 15.2. The minimum atomic E-state index is 0.697. The van der Waals surface area contributed by atoms with Gasteiger partial charge in [0, 0.05) is 49.5 Å². The molecule has 4 nitrogen and oxygen atoms in total. The second kappa shape index (κ2) is 4.35. The summed E-state index contributed by atoms with van der Waals surface area (Å²) in [6.45, 7) is 4.89. The first-order valence-electron chi connectivity index (χ1n) is 7.38. The molecule has 0 saturated carbocycles. The smallest absolute Gasteiger partial charge is 0.0950 e. The normalized spacial score (nSPS) is 33.3. The van der Waals surface area contributed by atoms with Crippen LogP contribution in [0, 0.1) is 0 Å². The Labute approximate surface area is 108 Å². The van der Waals surface area contributed by atoms with Gasteiger partial charge in [0.2, 0.25) is 0 Å². The van der Waals surface area contributed by atoms with E-state index in [1.54, 1.807) is 0 Å². The van der Waals surface area contributed by atoms with E-state index in [9.17, 15) is 0 Å². The van der Waals surface area contributed by atoms with Gasteiger partial charge in [-0.25, -0.2) is 4.98 Å². The van der Waals surface area contributed by atoms with Crippen LogP contribution in [0.25, 0.3) is 0 Å². The van der Waals surface area contributed by atoms with Crippen LogP contribution in [-0.4, -0.2) is 46.7 Å². The molecule has 1 aromatic heterocycles. The molecule has 1 aromatic rings. The van der Waals surface area contributed by atoms with Crippen LogP contribution in [0.1, 0.15) is 43.3 Å². The number of piperidine rings is 1. The van der Waals surface area contributed by atoms with Crippen LogP contribution < -0.4 is 5.32 Å². The summed E-state index contributed by atoms with van der Waals surface area (Å²) in [6.07, 6.45) is 9.62. The van der Waals surface area contributed by atoms with Gasteiger partial charge in [-0.3, -0.25) is 0 Å². The highest BCUT2D eigenvalue weighted by molar-refractivity contribution is 5.13. The molecule has 3 fully saturated rings. The molecule has 3 aliphatic rings. The van der Waals surface area contributed by atoms with Crippen molar-refractivity contribution in [2.24, 2.45) is 0 Å². The molecule has 18 heavy (non-hydrogen) atoms. The van der Waals surface area contributed by atoms with Crippen molar-refractivity contribution in [1.29, 1.82) is 0 Å². The summed E-state index contributed by atoms with van der Waals surface area (Å²) in [5.41, 5.74) is 1.46. The van der Waals surface area contributed by atoms with Crippen LogP contribution in [0.3, 0.4) is 0 Å². The number of imidazole rings is 1. The summed E-state index contributed by atoms with van der Waals surface area (Å²) in [6, 6.07) is 1.54. The van der Waals surface area contributed by atoms with Gasteiger partial charge in [-0.1, -0.05) is 0 Å². The molecule has 3 saturated heterocycles. The van der Waals surface area contributed by atoms with Crippen LogP contribution >= 0.6 is 0 Å². The highest BCUT2D eigenvalue weighted by Crippen LogP contribution is 2.35. The first-order valence-corrected chi connectivity index (χ1v) is 7.38. The van der Waals surface area contributed by atoms with E-state index in [2.05, 4.69) is 32.3 Å². The van der Waals surface area contributed by atoms with Crippen LogP contribution in [0.2, 0.25) is 0 Å². The van der Waals surface area contributed by atoms with Crippen LogP contribution in [-0.2, 0) is 0 Å². The Morgan fingerprint density at radius 3 is 2.94 bits per heavy atom. The summed E-state index contributed by atoms with van der Waals surface area (Å²) in [5.74, 6) is 0.703. The van der Waals surface area contributed by atoms with E-state index < -0.39 is 0 Å². The third kappa shape index (κ3) is 1.70. The summed E-state index contributed by atoms with van der Waals surface area (Å²) in [4.78, 5) is 7.10. The fourth-order valence-corrected chi connectivity index (χ4v) is 3.89. The molecule has 4 heteroatoms. The molecule has 2 unspecified atom stereocenters. The van der Waals surface area contributed by atoms with Gasteiger partial charge in [0.1, 0.15) is 0 Å². The average molecular weight is 246 g/mol. The lowest BCUT2D eigenvalue weighted by Gasteiger charge is -2.37. The van der Waals surface area contributed by atoms with Crippen LogP contribution in [0.15, 0.2) is 12.5 Å². The average Bonchev–Trinajstić information content (AvgIpc) is 2.93. The Kier molecular flexibility index (Phi) is 2.66. The zero-order valence-corrected chi connectivity index (χ0v) is 10.9. The van der Waals surface area contributed by atoms with Crippen LogP contribution in [0.4, 0.5) is 0 Å². The van der Waals surface area contributed by atoms with Crippen molar-refractivity contribution in [2.45, 2.75) is 43.7 Å². The van der Waals surface area contributed by atoms with Crippen molar-refractivity contribution >= 4 is 0 Å². The summed E-state index contributed by atoms with van der Waals surface area (Å²) in [5, 5.41) is 3.37. The van der Waals surface area contributed by atoms with Crippen molar-refractivity contribution in [1.82, 2.24) is 19.8 Å². The van der Waals surface area contributed by atoms with Crippen molar-refractivity contribution in [3.8, 4) is 0 Å². The summed E-state index contributed by atoms with van der Waals surface area (Å²) in [7, 11) is 0. The van der Waals surface area contributed by atoms with E-state index in [0.717, 1.165) is 19.1 Å². The lowest BCUT2D eigenvalue weighted by molar-refractivity contribution is 0.153. The molecule has 2 atom stereocenters. The number of rotatable bonds is 2. The molecule has 0 radical (unpaired) electrons. The van der Waals surface area contributed by atoms with Gasteiger partial charge >= 0.3 is 0 Å². The maximum Gasteiger partial charge on any atom is 0.0950 e. The summed E-state index contributed by atoms with van der Waals surface area (Å²) < 4.78 is 2.49. The van der Waals surface area contributed by atoms with Gasteiger partial charge in [0.15, 0.2) is 0 Å². The number of hydrogen-bond donors (Lipinski definition) is 1. The SMILES string of the molecule is c1ncn(C2CCN3CCCC3C2)c1C1CNC1. The second-order valence-corrected chi connectivity index (χ2v) is 6.09. The van der Waals surface area contributed by atoms with Crippen molar-refractivity contribution in [2.75, 3.05) is 26.2 Å². The zero-order chi connectivity index (χ0) is 11.9. The molecule has 4 rings (SSSR count). The minimum Gasteiger partial charge on any atom is -0.331 e. The van der Waals surface area contributed by atoms with Crippen molar-refractivity contribution in [3.63, 3.8) is 0 Å². The molecule has 0 aromatic carbocycles. The Morgan fingerprint density at radius 2 is 2.11 bits per heavy atom. The Morgan fingerprint density at radius 1 is 1.17 bits per heavy atom.